The Labute approximate surface area is 148 Å². The minimum Gasteiger partial charge on any atom is -0.481 e. The number of benzene rings is 1. The maximum absolute atomic E-state index is 12.5. The second kappa shape index (κ2) is 7.53. The van der Waals surface area contributed by atoms with Gasteiger partial charge in [0.25, 0.3) is 0 Å². The standard InChI is InChI=1S/C17H24N2O5S/c1-17(11-7-6-10-14(17)16(21)22)18-15(20)12-19(2)25(23,24)13-8-4-3-5-9-13/h3-5,8-9,14H,6-7,10-12H2,1-2H3,(H,18,20)(H,21,22). The van der Waals surface area contributed by atoms with Gasteiger partial charge in [-0.05, 0) is 31.9 Å². The second-order valence-corrected chi connectivity index (χ2v) is 8.72. The summed E-state index contributed by atoms with van der Waals surface area (Å²) >= 11 is 0. The lowest BCUT2D eigenvalue weighted by Gasteiger charge is -2.40. The molecule has 2 N–H and O–H groups in total. The van der Waals surface area contributed by atoms with Crippen LogP contribution >= 0.6 is 0 Å². The van der Waals surface area contributed by atoms with Crippen molar-refractivity contribution >= 4 is 21.9 Å². The molecule has 1 aliphatic carbocycles. The van der Waals surface area contributed by atoms with E-state index in [0.717, 1.165) is 17.1 Å². The third kappa shape index (κ3) is 4.38. The summed E-state index contributed by atoms with van der Waals surface area (Å²) in [7, 11) is -2.44. The van der Waals surface area contributed by atoms with Crippen molar-refractivity contribution in [3.8, 4) is 0 Å². The van der Waals surface area contributed by atoms with E-state index in [1.807, 2.05) is 0 Å². The average Bonchev–Trinajstić information content (AvgIpc) is 2.55. The van der Waals surface area contributed by atoms with Crippen LogP contribution in [0.25, 0.3) is 0 Å². The summed E-state index contributed by atoms with van der Waals surface area (Å²) in [6, 6.07) is 7.86. The van der Waals surface area contributed by atoms with Crippen molar-refractivity contribution in [1.82, 2.24) is 9.62 Å². The summed E-state index contributed by atoms with van der Waals surface area (Å²) in [5, 5.41) is 12.1. The number of hydrogen-bond donors (Lipinski definition) is 2. The van der Waals surface area contributed by atoms with Crippen LogP contribution in [0, 0.1) is 5.92 Å². The fourth-order valence-corrected chi connectivity index (χ4v) is 4.44. The highest BCUT2D eigenvalue weighted by molar-refractivity contribution is 7.89. The predicted octanol–water partition coefficient (Wildman–Crippen LogP) is 1.46. The minimum absolute atomic E-state index is 0.109. The maximum atomic E-state index is 12.5. The first-order valence-electron chi connectivity index (χ1n) is 8.22. The van der Waals surface area contributed by atoms with Crippen LogP contribution in [0.4, 0.5) is 0 Å². The molecule has 0 aliphatic heterocycles. The Morgan fingerprint density at radius 3 is 2.52 bits per heavy atom. The molecule has 2 rings (SSSR count). The number of carboxylic acids is 1. The third-order valence-corrected chi connectivity index (χ3v) is 6.57. The van der Waals surface area contributed by atoms with Crippen molar-refractivity contribution in [1.29, 1.82) is 0 Å². The largest absolute Gasteiger partial charge is 0.481 e. The van der Waals surface area contributed by atoms with Gasteiger partial charge in [-0.1, -0.05) is 31.0 Å². The van der Waals surface area contributed by atoms with Gasteiger partial charge < -0.3 is 10.4 Å². The van der Waals surface area contributed by atoms with Crippen LogP contribution in [-0.2, 0) is 19.6 Å². The number of sulfonamides is 1. The number of nitrogens with one attached hydrogen (secondary N) is 1. The lowest BCUT2D eigenvalue weighted by molar-refractivity contribution is -0.146. The zero-order chi connectivity index (χ0) is 18.7. The highest BCUT2D eigenvalue weighted by Gasteiger charge is 2.42. The van der Waals surface area contributed by atoms with Crippen molar-refractivity contribution in [2.75, 3.05) is 13.6 Å². The van der Waals surface area contributed by atoms with Gasteiger partial charge in [-0.2, -0.15) is 4.31 Å². The van der Waals surface area contributed by atoms with Crippen LogP contribution in [0.3, 0.4) is 0 Å². The van der Waals surface area contributed by atoms with Gasteiger partial charge in [0.2, 0.25) is 15.9 Å². The summed E-state index contributed by atoms with van der Waals surface area (Å²) in [4.78, 5) is 23.9. The molecule has 0 aromatic heterocycles. The molecular formula is C17H24N2O5S. The number of aliphatic carboxylic acids is 1. The topological polar surface area (TPSA) is 104 Å². The van der Waals surface area contributed by atoms with E-state index in [1.54, 1.807) is 25.1 Å². The van der Waals surface area contributed by atoms with Crippen LogP contribution in [0.2, 0.25) is 0 Å². The van der Waals surface area contributed by atoms with Gasteiger partial charge in [-0.3, -0.25) is 9.59 Å². The van der Waals surface area contributed by atoms with Crippen molar-refractivity contribution in [3.63, 3.8) is 0 Å². The quantitative estimate of drug-likeness (QED) is 0.791. The van der Waals surface area contributed by atoms with E-state index in [4.69, 9.17) is 0 Å². The number of rotatable bonds is 6. The van der Waals surface area contributed by atoms with Gasteiger partial charge in [0.15, 0.2) is 0 Å². The van der Waals surface area contributed by atoms with Gasteiger partial charge in [0.1, 0.15) is 0 Å². The van der Waals surface area contributed by atoms with Crippen molar-refractivity contribution < 1.29 is 23.1 Å². The fourth-order valence-electron chi connectivity index (χ4n) is 3.30. The molecule has 138 valence electrons. The van der Waals surface area contributed by atoms with Crippen molar-refractivity contribution in [2.24, 2.45) is 5.92 Å². The van der Waals surface area contributed by atoms with Crippen LogP contribution in [-0.4, -0.2) is 48.8 Å². The molecule has 8 heteroatoms. The van der Waals surface area contributed by atoms with Crippen LogP contribution < -0.4 is 5.32 Å². The van der Waals surface area contributed by atoms with E-state index >= 15 is 0 Å². The fraction of sp³-hybridized carbons (Fsp3) is 0.529. The highest BCUT2D eigenvalue weighted by atomic mass is 32.2. The van der Waals surface area contributed by atoms with E-state index < -0.39 is 33.4 Å². The molecular weight excluding hydrogens is 344 g/mol. The summed E-state index contributed by atoms with van der Waals surface area (Å²) < 4.78 is 25.9. The first kappa shape index (κ1) is 19.4. The van der Waals surface area contributed by atoms with Crippen molar-refractivity contribution in [2.45, 2.75) is 43.0 Å². The number of carbonyl (C=O) groups is 2. The normalized spacial score (nSPS) is 24.0. The Morgan fingerprint density at radius 1 is 1.28 bits per heavy atom. The maximum Gasteiger partial charge on any atom is 0.308 e. The van der Waals surface area contributed by atoms with Gasteiger partial charge in [-0.25, -0.2) is 8.42 Å². The Morgan fingerprint density at radius 2 is 1.92 bits per heavy atom. The molecule has 0 spiro atoms. The number of likely N-dealkylation sites (N-methyl/N-ethyl adjacent to an activating group) is 1. The number of hydrogen-bond acceptors (Lipinski definition) is 4. The summed E-state index contributed by atoms with van der Waals surface area (Å²) in [5.74, 6) is -2.10. The molecule has 1 aromatic rings. The monoisotopic (exact) mass is 368 g/mol. The Balaban J connectivity index is 2.07. The Kier molecular flexibility index (Phi) is 5.84. The van der Waals surface area contributed by atoms with Crippen LogP contribution in [0.15, 0.2) is 35.2 Å². The smallest absolute Gasteiger partial charge is 0.308 e. The zero-order valence-electron chi connectivity index (χ0n) is 14.4. The molecule has 0 heterocycles. The predicted molar refractivity (Wildman–Crippen MR) is 92.4 cm³/mol. The zero-order valence-corrected chi connectivity index (χ0v) is 15.3. The lowest BCUT2D eigenvalue weighted by atomic mass is 9.74. The molecule has 1 saturated carbocycles. The minimum atomic E-state index is -3.77. The molecule has 2 atom stereocenters. The molecule has 0 radical (unpaired) electrons. The van der Waals surface area contributed by atoms with E-state index in [0.29, 0.717) is 12.8 Å². The molecule has 1 aliphatic rings. The Bertz CT molecular complexity index is 735. The van der Waals surface area contributed by atoms with E-state index in [2.05, 4.69) is 5.32 Å². The van der Waals surface area contributed by atoms with Crippen molar-refractivity contribution in [3.05, 3.63) is 30.3 Å². The van der Waals surface area contributed by atoms with E-state index in [-0.39, 0.29) is 11.4 Å². The number of carboxylic acid groups (broad SMARTS) is 1. The molecule has 7 nitrogen and oxygen atoms in total. The first-order chi connectivity index (χ1) is 11.7. The molecule has 1 amide bonds. The molecule has 1 fully saturated rings. The highest BCUT2D eigenvalue weighted by Crippen LogP contribution is 2.33. The molecule has 2 unspecified atom stereocenters. The lowest BCUT2D eigenvalue weighted by Crippen LogP contribution is -2.57. The summed E-state index contributed by atoms with van der Waals surface area (Å²) in [6.07, 6.45) is 2.71. The van der Waals surface area contributed by atoms with Gasteiger partial charge in [0, 0.05) is 7.05 Å². The average molecular weight is 368 g/mol. The van der Waals surface area contributed by atoms with Gasteiger partial charge in [0.05, 0.1) is 22.9 Å². The Hall–Kier alpha value is -1.93. The molecule has 25 heavy (non-hydrogen) atoms. The van der Waals surface area contributed by atoms with Gasteiger partial charge >= 0.3 is 5.97 Å². The van der Waals surface area contributed by atoms with Crippen LogP contribution in [0.5, 0.6) is 0 Å². The number of carbonyl (C=O) groups excluding carboxylic acids is 1. The van der Waals surface area contributed by atoms with E-state index in [9.17, 15) is 23.1 Å². The van der Waals surface area contributed by atoms with Crippen LogP contribution in [0.1, 0.15) is 32.6 Å². The molecule has 0 bridgehead atoms. The number of nitrogens with zero attached hydrogens (tertiary/aromatic N) is 1. The SMILES string of the molecule is CN(CC(=O)NC1(C)CCCCC1C(=O)O)S(=O)(=O)c1ccccc1. The summed E-state index contributed by atoms with van der Waals surface area (Å²) in [5.41, 5.74) is -0.863. The number of amides is 1. The van der Waals surface area contributed by atoms with Gasteiger partial charge in [-0.15, -0.1) is 0 Å². The second-order valence-electron chi connectivity index (χ2n) is 6.68. The summed E-state index contributed by atoms with van der Waals surface area (Å²) in [6.45, 7) is 1.35. The molecule has 0 saturated heterocycles. The molecule has 1 aromatic carbocycles. The third-order valence-electron chi connectivity index (χ3n) is 4.75. The first-order valence-corrected chi connectivity index (χ1v) is 9.66. The van der Waals surface area contributed by atoms with E-state index in [1.165, 1.54) is 19.2 Å².